The van der Waals surface area contributed by atoms with E-state index in [9.17, 15) is 9.59 Å². The molecule has 2 heterocycles. The first-order valence-electron chi connectivity index (χ1n) is 9.21. The molecule has 1 fully saturated rings. The summed E-state index contributed by atoms with van der Waals surface area (Å²) in [6.07, 6.45) is 1.33. The van der Waals surface area contributed by atoms with Gasteiger partial charge in [-0.2, -0.15) is 0 Å². The van der Waals surface area contributed by atoms with Crippen molar-refractivity contribution in [2.45, 2.75) is 45.3 Å². The number of hydrogen-bond acceptors (Lipinski definition) is 5. The molecule has 2 N–H and O–H groups in total. The van der Waals surface area contributed by atoms with E-state index in [2.05, 4.69) is 15.3 Å². The summed E-state index contributed by atoms with van der Waals surface area (Å²) in [7, 11) is 0. The number of ether oxygens (including phenoxy) is 1. The Hall–Kier alpha value is -2.83. The summed E-state index contributed by atoms with van der Waals surface area (Å²) < 4.78 is 5.34. The molecule has 1 aromatic carbocycles. The lowest BCUT2D eigenvalue weighted by Crippen LogP contribution is -2.49. The predicted octanol–water partition coefficient (Wildman–Crippen LogP) is 2.93. The van der Waals surface area contributed by atoms with Gasteiger partial charge >= 0.3 is 6.09 Å². The van der Waals surface area contributed by atoms with Crippen LogP contribution in [0.25, 0.3) is 11.3 Å². The second-order valence-electron chi connectivity index (χ2n) is 7.75. The molecule has 0 saturated carbocycles. The summed E-state index contributed by atoms with van der Waals surface area (Å²) in [5.41, 5.74) is 0.804. The van der Waals surface area contributed by atoms with E-state index in [0.717, 1.165) is 24.9 Å². The van der Waals surface area contributed by atoms with E-state index in [1.165, 1.54) is 6.07 Å². The number of hydrogen-bond donors (Lipinski definition) is 2. The maximum Gasteiger partial charge on any atom is 0.407 e. The molecule has 1 atom stereocenters. The molecule has 7 nitrogen and oxygen atoms in total. The van der Waals surface area contributed by atoms with Crippen LogP contribution in [0.3, 0.4) is 0 Å². The fourth-order valence-corrected chi connectivity index (χ4v) is 3.11. The first-order valence-corrected chi connectivity index (χ1v) is 9.21. The van der Waals surface area contributed by atoms with Gasteiger partial charge in [-0.25, -0.2) is 9.78 Å². The van der Waals surface area contributed by atoms with E-state index < -0.39 is 11.7 Å². The molecule has 1 aliphatic heterocycles. The van der Waals surface area contributed by atoms with Crippen LogP contribution < -0.4 is 15.8 Å². The summed E-state index contributed by atoms with van der Waals surface area (Å²) in [6, 6.07) is 11.1. The Morgan fingerprint density at radius 1 is 1.30 bits per heavy atom. The molecule has 144 valence electrons. The minimum Gasteiger partial charge on any atom is -0.444 e. The molecule has 27 heavy (non-hydrogen) atoms. The van der Waals surface area contributed by atoms with Gasteiger partial charge in [0.15, 0.2) is 0 Å². The molecule has 0 aliphatic carbocycles. The van der Waals surface area contributed by atoms with Crippen molar-refractivity contribution >= 4 is 12.0 Å². The van der Waals surface area contributed by atoms with Crippen LogP contribution in [0.4, 0.5) is 10.7 Å². The zero-order valence-electron chi connectivity index (χ0n) is 16.0. The Kier molecular flexibility index (Phi) is 5.48. The Labute approximate surface area is 158 Å². The molecule has 1 amide bonds. The van der Waals surface area contributed by atoms with E-state index in [0.29, 0.717) is 18.2 Å². The van der Waals surface area contributed by atoms with E-state index in [4.69, 9.17) is 4.74 Å². The molecule has 3 rings (SSSR count). The van der Waals surface area contributed by atoms with Gasteiger partial charge in [0.05, 0.1) is 5.69 Å². The van der Waals surface area contributed by atoms with Gasteiger partial charge < -0.3 is 15.0 Å². The second-order valence-corrected chi connectivity index (χ2v) is 7.75. The van der Waals surface area contributed by atoms with Gasteiger partial charge in [-0.05, 0) is 33.6 Å². The lowest BCUT2D eigenvalue weighted by Gasteiger charge is -2.34. The van der Waals surface area contributed by atoms with Gasteiger partial charge in [0.2, 0.25) is 5.95 Å². The van der Waals surface area contributed by atoms with E-state index in [1.807, 2.05) is 56.0 Å². The molecule has 0 spiro atoms. The number of nitrogens with zero attached hydrogens (tertiary/aromatic N) is 2. The third kappa shape index (κ3) is 5.32. The van der Waals surface area contributed by atoms with Crippen LogP contribution in [0, 0.1) is 0 Å². The highest BCUT2D eigenvalue weighted by Gasteiger charge is 2.25. The highest BCUT2D eigenvalue weighted by Crippen LogP contribution is 2.20. The average molecular weight is 370 g/mol. The molecule has 1 aliphatic rings. The Morgan fingerprint density at radius 3 is 2.74 bits per heavy atom. The lowest BCUT2D eigenvalue weighted by molar-refractivity contribution is 0.0500. The van der Waals surface area contributed by atoms with Crippen LogP contribution in [-0.4, -0.2) is 40.8 Å². The smallest absolute Gasteiger partial charge is 0.407 e. The van der Waals surface area contributed by atoms with Crippen molar-refractivity contribution in [3.05, 3.63) is 46.8 Å². The van der Waals surface area contributed by atoms with Gasteiger partial charge in [-0.3, -0.25) is 9.78 Å². The number of aromatic nitrogens is 2. The molecular weight excluding hydrogens is 344 g/mol. The summed E-state index contributed by atoms with van der Waals surface area (Å²) in [5.74, 6) is 0.525. The second kappa shape index (κ2) is 7.82. The van der Waals surface area contributed by atoms with Crippen molar-refractivity contribution in [3.63, 3.8) is 0 Å². The molecule has 0 bridgehead atoms. The summed E-state index contributed by atoms with van der Waals surface area (Å²) in [4.78, 5) is 33.6. The van der Waals surface area contributed by atoms with Crippen LogP contribution in [0.2, 0.25) is 0 Å². The fourth-order valence-electron chi connectivity index (χ4n) is 3.11. The largest absolute Gasteiger partial charge is 0.444 e. The SMILES string of the molecule is CC(C)(C)OC(=O)N[C@H]1CCCN(c2nc(-c3ccccc3)cc(=O)[nH]2)C1. The number of amides is 1. The number of benzene rings is 1. The maximum atomic E-state index is 12.1. The molecule has 0 unspecified atom stereocenters. The number of piperidine rings is 1. The number of nitrogens with one attached hydrogen (secondary N) is 2. The minimum absolute atomic E-state index is 0.0562. The lowest BCUT2D eigenvalue weighted by atomic mass is 10.1. The zero-order valence-corrected chi connectivity index (χ0v) is 16.0. The highest BCUT2D eigenvalue weighted by molar-refractivity contribution is 5.68. The van der Waals surface area contributed by atoms with Crippen LogP contribution in [0.15, 0.2) is 41.2 Å². The number of alkyl carbamates (subject to hydrolysis) is 1. The van der Waals surface area contributed by atoms with Crippen molar-refractivity contribution in [3.8, 4) is 11.3 Å². The van der Waals surface area contributed by atoms with Gasteiger partial charge in [-0.1, -0.05) is 30.3 Å². The Bertz CT molecular complexity index is 842. The first-order chi connectivity index (χ1) is 12.8. The maximum absolute atomic E-state index is 12.1. The first kappa shape index (κ1) is 18.9. The third-order valence-electron chi connectivity index (χ3n) is 4.24. The number of carbonyl (C=O) groups is 1. The number of rotatable bonds is 3. The topological polar surface area (TPSA) is 87.3 Å². The molecule has 0 radical (unpaired) electrons. The number of anilines is 1. The average Bonchev–Trinajstić information content (AvgIpc) is 2.60. The van der Waals surface area contributed by atoms with Crippen molar-refractivity contribution in [1.82, 2.24) is 15.3 Å². The molecule has 1 aromatic heterocycles. The highest BCUT2D eigenvalue weighted by atomic mass is 16.6. The van der Waals surface area contributed by atoms with Crippen LogP contribution in [-0.2, 0) is 4.74 Å². The van der Waals surface area contributed by atoms with Crippen molar-refractivity contribution in [1.29, 1.82) is 0 Å². The molecule has 7 heteroatoms. The summed E-state index contributed by atoms with van der Waals surface area (Å²) in [6.45, 7) is 6.85. The Balaban J connectivity index is 1.74. The quantitative estimate of drug-likeness (QED) is 0.867. The normalized spacial score (nSPS) is 17.4. The standard InChI is InChI=1S/C20H26N4O3/c1-20(2,3)27-19(26)21-15-10-7-11-24(13-15)18-22-16(12-17(25)23-18)14-8-5-4-6-9-14/h4-6,8-9,12,15H,7,10-11,13H2,1-3H3,(H,21,26)(H,22,23,25)/t15-/m0/s1. The van der Waals surface area contributed by atoms with Gasteiger partial charge in [0.1, 0.15) is 5.60 Å². The number of aromatic amines is 1. The van der Waals surface area contributed by atoms with Crippen LogP contribution in [0.5, 0.6) is 0 Å². The summed E-state index contributed by atoms with van der Waals surface area (Å²) >= 11 is 0. The molecule has 1 saturated heterocycles. The molecule has 2 aromatic rings. The Morgan fingerprint density at radius 2 is 2.04 bits per heavy atom. The minimum atomic E-state index is -0.532. The van der Waals surface area contributed by atoms with Crippen LogP contribution >= 0.6 is 0 Å². The fraction of sp³-hybridized carbons (Fsp3) is 0.450. The molecular formula is C20H26N4O3. The number of H-pyrrole nitrogens is 1. The monoisotopic (exact) mass is 370 g/mol. The van der Waals surface area contributed by atoms with E-state index in [-0.39, 0.29) is 11.6 Å². The number of carbonyl (C=O) groups excluding carboxylic acids is 1. The zero-order chi connectivity index (χ0) is 19.4. The van der Waals surface area contributed by atoms with Gasteiger partial charge in [-0.15, -0.1) is 0 Å². The predicted molar refractivity (Wildman–Crippen MR) is 105 cm³/mol. The van der Waals surface area contributed by atoms with E-state index >= 15 is 0 Å². The van der Waals surface area contributed by atoms with Gasteiger partial charge in [0.25, 0.3) is 5.56 Å². The third-order valence-corrected chi connectivity index (χ3v) is 4.24. The van der Waals surface area contributed by atoms with Crippen molar-refractivity contribution < 1.29 is 9.53 Å². The van der Waals surface area contributed by atoms with Gasteiger partial charge in [0, 0.05) is 30.8 Å². The van der Waals surface area contributed by atoms with Crippen molar-refractivity contribution in [2.75, 3.05) is 18.0 Å². The van der Waals surface area contributed by atoms with E-state index in [1.54, 1.807) is 0 Å². The van der Waals surface area contributed by atoms with Crippen LogP contribution in [0.1, 0.15) is 33.6 Å². The van der Waals surface area contributed by atoms with Crippen molar-refractivity contribution in [2.24, 2.45) is 0 Å². The summed E-state index contributed by atoms with van der Waals surface area (Å²) in [5, 5.41) is 2.91.